The smallest absolute Gasteiger partial charge is 0.416 e. The van der Waals surface area contributed by atoms with E-state index in [1.54, 1.807) is 0 Å². The first kappa shape index (κ1) is 15.3. The minimum atomic E-state index is -4.41. The maximum absolute atomic E-state index is 12.7. The highest BCUT2D eigenvalue weighted by Crippen LogP contribution is 2.32. The van der Waals surface area contributed by atoms with Crippen molar-refractivity contribution in [3.63, 3.8) is 0 Å². The fraction of sp³-hybridized carbons (Fsp3) is 0.231. The summed E-state index contributed by atoms with van der Waals surface area (Å²) in [6, 6.07) is 3.21. The van der Waals surface area contributed by atoms with Gasteiger partial charge in [0.25, 0.3) is 0 Å². The largest absolute Gasteiger partial charge is 0.496 e. The third-order valence-electron chi connectivity index (χ3n) is 2.54. The van der Waals surface area contributed by atoms with Crippen LogP contribution >= 0.6 is 11.3 Å². The number of aryl methyl sites for hydroxylation is 1. The molecule has 0 unspecified atom stereocenters. The predicted molar refractivity (Wildman–Crippen MR) is 76.1 cm³/mol. The van der Waals surface area contributed by atoms with Crippen LogP contribution in [0.2, 0.25) is 0 Å². The molecule has 1 aromatic carbocycles. The molecule has 0 aliphatic rings. The standard InChI is InChI=1S/C13H12F3N3OS/c1-8-7-21-12(18-8)19-17-6-9-5-10(13(14,15)16)3-4-11(9)20-2/h3-7H,1-2H3,(H,18,19). The first-order valence-electron chi connectivity index (χ1n) is 5.86. The van der Waals surface area contributed by atoms with Gasteiger partial charge in [-0.2, -0.15) is 18.3 Å². The molecule has 0 saturated carbocycles. The van der Waals surface area contributed by atoms with Crippen molar-refractivity contribution in [2.45, 2.75) is 13.1 Å². The lowest BCUT2D eigenvalue weighted by Crippen LogP contribution is -2.06. The Morgan fingerprint density at radius 3 is 2.71 bits per heavy atom. The molecule has 0 bridgehead atoms. The predicted octanol–water partition coefficient (Wildman–Crippen LogP) is 3.92. The van der Waals surface area contributed by atoms with Gasteiger partial charge in [-0.3, -0.25) is 5.43 Å². The van der Waals surface area contributed by atoms with E-state index in [1.807, 2.05) is 12.3 Å². The second kappa shape index (κ2) is 6.13. The SMILES string of the molecule is COc1ccc(C(F)(F)F)cc1C=NNc1nc(C)cs1. The molecule has 4 nitrogen and oxygen atoms in total. The fourth-order valence-corrected chi connectivity index (χ4v) is 2.21. The average Bonchev–Trinajstić information content (AvgIpc) is 2.83. The van der Waals surface area contributed by atoms with Crippen LogP contribution < -0.4 is 10.2 Å². The third-order valence-corrected chi connectivity index (χ3v) is 3.40. The summed E-state index contributed by atoms with van der Waals surface area (Å²) in [7, 11) is 1.39. The van der Waals surface area contributed by atoms with Gasteiger partial charge in [0.05, 0.1) is 24.6 Å². The highest BCUT2D eigenvalue weighted by Gasteiger charge is 2.30. The minimum absolute atomic E-state index is 0.230. The summed E-state index contributed by atoms with van der Waals surface area (Å²) in [5.74, 6) is 0.309. The maximum atomic E-state index is 12.7. The number of methoxy groups -OCH3 is 1. The molecule has 2 rings (SSSR count). The number of hydrogen-bond donors (Lipinski definition) is 1. The van der Waals surface area contributed by atoms with E-state index in [4.69, 9.17) is 4.74 Å². The van der Waals surface area contributed by atoms with Gasteiger partial charge in [0.1, 0.15) is 5.75 Å². The van der Waals surface area contributed by atoms with Crippen LogP contribution in [0, 0.1) is 6.92 Å². The number of thiazole rings is 1. The van der Waals surface area contributed by atoms with Gasteiger partial charge in [-0.05, 0) is 25.1 Å². The number of hydrazone groups is 1. The van der Waals surface area contributed by atoms with Crippen molar-refractivity contribution >= 4 is 22.7 Å². The molecule has 2 aromatic rings. The van der Waals surface area contributed by atoms with Gasteiger partial charge in [-0.15, -0.1) is 11.3 Å². The van der Waals surface area contributed by atoms with Crippen LogP contribution in [0.15, 0.2) is 28.7 Å². The third kappa shape index (κ3) is 3.94. The Kier molecular flexibility index (Phi) is 4.46. The van der Waals surface area contributed by atoms with Gasteiger partial charge >= 0.3 is 6.18 Å². The van der Waals surface area contributed by atoms with Crippen molar-refractivity contribution in [2.24, 2.45) is 5.10 Å². The van der Waals surface area contributed by atoms with Crippen molar-refractivity contribution in [3.05, 3.63) is 40.4 Å². The monoisotopic (exact) mass is 315 g/mol. The van der Waals surface area contributed by atoms with Gasteiger partial charge in [0.15, 0.2) is 0 Å². The van der Waals surface area contributed by atoms with Gasteiger partial charge in [-0.1, -0.05) is 0 Å². The highest BCUT2D eigenvalue weighted by molar-refractivity contribution is 7.13. The lowest BCUT2D eigenvalue weighted by molar-refractivity contribution is -0.137. The topological polar surface area (TPSA) is 46.5 Å². The summed E-state index contributed by atoms with van der Waals surface area (Å²) >= 11 is 1.35. The molecule has 112 valence electrons. The molecular weight excluding hydrogens is 303 g/mol. The van der Waals surface area contributed by atoms with E-state index in [0.29, 0.717) is 10.9 Å². The van der Waals surface area contributed by atoms with Crippen LogP contribution in [0.1, 0.15) is 16.8 Å². The number of anilines is 1. The number of ether oxygens (including phenoxy) is 1. The van der Waals surface area contributed by atoms with E-state index >= 15 is 0 Å². The second-order valence-corrected chi connectivity index (χ2v) is 4.98. The van der Waals surface area contributed by atoms with Crippen LogP contribution in [-0.2, 0) is 6.18 Å². The zero-order valence-corrected chi connectivity index (χ0v) is 12.0. The Morgan fingerprint density at radius 2 is 2.14 bits per heavy atom. The molecule has 0 radical (unpaired) electrons. The van der Waals surface area contributed by atoms with Crippen LogP contribution in [0.3, 0.4) is 0 Å². The summed E-state index contributed by atoms with van der Waals surface area (Å²) in [5.41, 5.74) is 2.98. The summed E-state index contributed by atoms with van der Waals surface area (Å²) in [6.45, 7) is 1.83. The van der Waals surface area contributed by atoms with Gasteiger partial charge < -0.3 is 4.74 Å². The molecule has 21 heavy (non-hydrogen) atoms. The molecule has 1 aromatic heterocycles. The Balaban J connectivity index is 2.21. The minimum Gasteiger partial charge on any atom is -0.496 e. The van der Waals surface area contributed by atoms with Crippen LogP contribution in [0.25, 0.3) is 0 Å². The number of aromatic nitrogens is 1. The van der Waals surface area contributed by atoms with Crippen LogP contribution in [-0.4, -0.2) is 18.3 Å². The van der Waals surface area contributed by atoms with E-state index in [2.05, 4.69) is 15.5 Å². The molecule has 0 amide bonds. The zero-order chi connectivity index (χ0) is 15.5. The molecule has 1 N–H and O–H groups in total. The molecule has 0 atom stereocenters. The Hall–Kier alpha value is -2.09. The van der Waals surface area contributed by atoms with E-state index in [1.165, 1.54) is 30.7 Å². The molecule has 0 fully saturated rings. The summed E-state index contributed by atoms with van der Waals surface area (Å²) in [4.78, 5) is 4.12. The van der Waals surface area contributed by atoms with Gasteiger partial charge in [-0.25, -0.2) is 4.98 Å². The zero-order valence-electron chi connectivity index (χ0n) is 11.2. The van der Waals surface area contributed by atoms with Crippen molar-refractivity contribution in [1.82, 2.24) is 4.98 Å². The van der Waals surface area contributed by atoms with Crippen LogP contribution in [0.4, 0.5) is 18.3 Å². The van der Waals surface area contributed by atoms with Crippen LogP contribution in [0.5, 0.6) is 5.75 Å². The average molecular weight is 315 g/mol. The molecular formula is C13H12F3N3OS. The van der Waals surface area contributed by atoms with Crippen molar-refractivity contribution in [1.29, 1.82) is 0 Å². The number of benzene rings is 1. The maximum Gasteiger partial charge on any atom is 0.416 e. The Bertz CT molecular complexity index is 652. The number of nitrogens with zero attached hydrogens (tertiary/aromatic N) is 2. The fourth-order valence-electron chi connectivity index (χ4n) is 1.57. The molecule has 8 heteroatoms. The summed E-state index contributed by atoms with van der Waals surface area (Å²) in [5, 5.41) is 6.28. The van der Waals surface area contributed by atoms with E-state index in [-0.39, 0.29) is 5.56 Å². The molecule has 0 aliphatic carbocycles. The number of nitrogens with one attached hydrogen (secondary N) is 1. The van der Waals surface area contributed by atoms with E-state index in [9.17, 15) is 13.2 Å². The van der Waals surface area contributed by atoms with Crippen molar-refractivity contribution in [2.75, 3.05) is 12.5 Å². The Labute approximate surface area is 123 Å². The lowest BCUT2D eigenvalue weighted by Gasteiger charge is -2.10. The first-order valence-corrected chi connectivity index (χ1v) is 6.74. The quantitative estimate of drug-likeness (QED) is 0.687. The molecule has 0 spiro atoms. The first-order chi connectivity index (χ1) is 9.90. The molecule has 0 saturated heterocycles. The number of halogens is 3. The van der Waals surface area contributed by atoms with E-state index in [0.717, 1.165) is 17.8 Å². The number of hydrogen-bond acceptors (Lipinski definition) is 5. The number of alkyl halides is 3. The summed E-state index contributed by atoms with van der Waals surface area (Å²) in [6.07, 6.45) is -3.14. The lowest BCUT2D eigenvalue weighted by atomic mass is 10.1. The normalized spacial score (nSPS) is 11.9. The Morgan fingerprint density at radius 1 is 1.38 bits per heavy atom. The van der Waals surface area contributed by atoms with E-state index < -0.39 is 11.7 Å². The van der Waals surface area contributed by atoms with Gasteiger partial charge in [0, 0.05) is 10.9 Å². The summed E-state index contributed by atoms with van der Waals surface area (Å²) < 4.78 is 43.1. The van der Waals surface area contributed by atoms with Crippen molar-refractivity contribution < 1.29 is 17.9 Å². The number of rotatable bonds is 4. The highest BCUT2D eigenvalue weighted by atomic mass is 32.1. The van der Waals surface area contributed by atoms with Crippen molar-refractivity contribution in [3.8, 4) is 5.75 Å². The second-order valence-electron chi connectivity index (χ2n) is 4.12. The van der Waals surface area contributed by atoms with Gasteiger partial charge in [0.2, 0.25) is 5.13 Å². The molecule has 1 heterocycles. The molecule has 0 aliphatic heterocycles.